The first-order valence-electron chi connectivity index (χ1n) is 8.69. The maximum atomic E-state index is 12.6. The Morgan fingerprint density at radius 2 is 1.88 bits per heavy atom. The second-order valence-electron chi connectivity index (χ2n) is 6.13. The Morgan fingerprint density at radius 1 is 1.12 bits per heavy atom. The van der Waals surface area contributed by atoms with Crippen molar-refractivity contribution in [3.05, 3.63) is 59.3 Å². The number of fused-ring (bicyclic) bond motifs is 1. The Morgan fingerprint density at radius 3 is 2.62 bits per heavy atom. The number of benzene rings is 2. The van der Waals surface area contributed by atoms with Crippen molar-refractivity contribution in [2.45, 2.75) is 20.8 Å². The fourth-order valence-corrected chi connectivity index (χ4v) is 2.91. The maximum absolute atomic E-state index is 12.6. The van der Waals surface area contributed by atoms with Crippen molar-refractivity contribution in [3.63, 3.8) is 0 Å². The first-order chi connectivity index (χ1) is 12.5. The predicted octanol–water partition coefficient (Wildman–Crippen LogP) is 3.61. The van der Waals surface area contributed by atoms with E-state index < -0.39 is 0 Å². The summed E-state index contributed by atoms with van der Waals surface area (Å²) in [6, 6.07) is 12.8. The van der Waals surface area contributed by atoms with Gasteiger partial charge in [0.05, 0.1) is 5.52 Å². The van der Waals surface area contributed by atoms with Crippen LogP contribution in [0.3, 0.4) is 0 Å². The van der Waals surface area contributed by atoms with E-state index in [1.807, 2.05) is 39.0 Å². The Balaban J connectivity index is 1.84. The van der Waals surface area contributed by atoms with Crippen LogP contribution in [0.2, 0.25) is 0 Å². The van der Waals surface area contributed by atoms with Gasteiger partial charge in [0.1, 0.15) is 0 Å². The van der Waals surface area contributed by atoms with E-state index in [4.69, 9.17) is 0 Å². The van der Waals surface area contributed by atoms with E-state index in [1.54, 1.807) is 29.2 Å². The average Bonchev–Trinajstić information content (AvgIpc) is 3.06. The molecule has 2 amide bonds. The number of H-pyrrole nitrogens is 1. The van der Waals surface area contributed by atoms with Gasteiger partial charge in [-0.05, 0) is 51.1 Å². The molecule has 0 saturated carbocycles. The van der Waals surface area contributed by atoms with Crippen LogP contribution in [0, 0.1) is 6.92 Å². The summed E-state index contributed by atoms with van der Waals surface area (Å²) in [7, 11) is 0. The molecule has 0 radical (unpaired) electrons. The highest BCUT2D eigenvalue weighted by molar-refractivity contribution is 6.11. The van der Waals surface area contributed by atoms with E-state index in [1.165, 1.54) is 0 Å². The van der Waals surface area contributed by atoms with Gasteiger partial charge in [-0.3, -0.25) is 14.7 Å². The molecule has 0 atom stereocenters. The van der Waals surface area contributed by atoms with E-state index in [9.17, 15) is 9.59 Å². The zero-order valence-corrected chi connectivity index (χ0v) is 15.2. The number of aryl methyl sites for hydroxylation is 1. The van der Waals surface area contributed by atoms with Gasteiger partial charge in [-0.15, -0.1) is 0 Å². The van der Waals surface area contributed by atoms with Gasteiger partial charge in [0, 0.05) is 29.7 Å². The summed E-state index contributed by atoms with van der Waals surface area (Å²) in [4.78, 5) is 26.9. The monoisotopic (exact) mass is 350 g/mol. The molecule has 2 N–H and O–H groups in total. The van der Waals surface area contributed by atoms with E-state index in [-0.39, 0.29) is 11.8 Å². The molecule has 2 aromatic carbocycles. The number of aromatic amines is 1. The van der Waals surface area contributed by atoms with E-state index in [0.29, 0.717) is 30.0 Å². The SMILES string of the molecule is CCN(CC)C(=O)c1cccc(NC(=O)c2n[nH]c3ccc(C)cc23)c1. The number of nitrogens with zero attached hydrogens (tertiary/aromatic N) is 2. The third-order valence-corrected chi connectivity index (χ3v) is 4.35. The van der Waals surface area contributed by atoms with Gasteiger partial charge >= 0.3 is 0 Å². The Labute approximate surface area is 152 Å². The number of aromatic nitrogens is 2. The molecule has 3 rings (SSSR count). The third kappa shape index (κ3) is 3.44. The van der Waals surface area contributed by atoms with Crippen LogP contribution in [-0.4, -0.2) is 40.0 Å². The lowest BCUT2D eigenvalue weighted by Crippen LogP contribution is -2.30. The molecule has 6 heteroatoms. The van der Waals surface area contributed by atoms with Crippen molar-refractivity contribution in [1.82, 2.24) is 15.1 Å². The van der Waals surface area contributed by atoms with Crippen molar-refractivity contribution in [2.75, 3.05) is 18.4 Å². The molecule has 0 aliphatic carbocycles. The van der Waals surface area contributed by atoms with Crippen LogP contribution in [0.4, 0.5) is 5.69 Å². The highest BCUT2D eigenvalue weighted by atomic mass is 16.2. The van der Waals surface area contributed by atoms with E-state index in [0.717, 1.165) is 16.5 Å². The molecule has 26 heavy (non-hydrogen) atoms. The van der Waals surface area contributed by atoms with Crippen LogP contribution in [0.15, 0.2) is 42.5 Å². The number of nitrogens with one attached hydrogen (secondary N) is 2. The number of hydrogen-bond donors (Lipinski definition) is 2. The summed E-state index contributed by atoms with van der Waals surface area (Å²) < 4.78 is 0. The first kappa shape index (κ1) is 17.7. The summed E-state index contributed by atoms with van der Waals surface area (Å²) in [5.41, 5.74) is 3.32. The van der Waals surface area contributed by atoms with Gasteiger partial charge in [0.25, 0.3) is 11.8 Å². The average molecular weight is 350 g/mol. The smallest absolute Gasteiger partial charge is 0.276 e. The zero-order valence-electron chi connectivity index (χ0n) is 15.2. The lowest BCUT2D eigenvalue weighted by Gasteiger charge is -2.18. The summed E-state index contributed by atoms with van der Waals surface area (Å²) in [6.45, 7) is 7.14. The van der Waals surface area contributed by atoms with Crippen molar-refractivity contribution in [2.24, 2.45) is 0 Å². The normalized spacial score (nSPS) is 10.7. The molecule has 3 aromatic rings. The van der Waals surface area contributed by atoms with Crippen molar-refractivity contribution >= 4 is 28.4 Å². The van der Waals surface area contributed by atoms with Crippen LogP contribution in [0.1, 0.15) is 40.3 Å². The molecule has 1 aromatic heterocycles. The first-order valence-corrected chi connectivity index (χ1v) is 8.69. The molecule has 0 bridgehead atoms. The molecule has 1 heterocycles. The Bertz CT molecular complexity index is 957. The number of anilines is 1. The molecule has 0 aliphatic rings. The summed E-state index contributed by atoms with van der Waals surface area (Å²) in [5.74, 6) is -0.360. The summed E-state index contributed by atoms with van der Waals surface area (Å²) >= 11 is 0. The summed E-state index contributed by atoms with van der Waals surface area (Å²) in [5, 5.41) is 10.6. The third-order valence-electron chi connectivity index (χ3n) is 4.35. The Hall–Kier alpha value is -3.15. The number of amides is 2. The van der Waals surface area contributed by atoms with Crippen molar-refractivity contribution in [1.29, 1.82) is 0 Å². The van der Waals surface area contributed by atoms with Crippen molar-refractivity contribution < 1.29 is 9.59 Å². The standard InChI is InChI=1S/C20H22N4O2/c1-4-24(5-2)20(26)14-7-6-8-15(12-14)21-19(25)18-16-11-13(3)9-10-17(16)22-23-18/h6-12H,4-5H2,1-3H3,(H,21,25)(H,22,23). The molecule has 134 valence electrons. The largest absolute Gasteiger partial charge is 0.339 e. The quantitative estimate of drug-likeness (QED) is 0.738. The topological polar surface area (TPSA) is 78.1 Å². The van der Waals surface area contributed by atoms with Crippen LogP contribution < -0.4 is 5.32 Å². The highest BCUT2D eigenvalue weighted by Crippen LogP contribution is 2.19. The van der Waals surface area contributed by atoms with E-state index in [2.05, 4.69) is 15.5 Å². The molecule has 0 unspecified atom stereocenters. The molecular weight excluding hydrogens is 328 g/mol. The lowest BCUT2D eigenvalue weighted by atomic mass is 10.1. The molecule has 0 aliphatic heterocycles. The van der Waals surface area contributed by atoms with Gasteiger partial charge in [0.15, 0.2) is 5.69 Å². The fraction of sp³-hybridized carbons (Fsp3) is 0.250. The number of carbonyl (C=O) groups excluding carboxylic acids is 2. The molecule has 0 saturated heterocycles. The van der Waals surface area contributed by atoms with Crippen LogP contribution in [-0.2, 0) is 0 Å². The molecule has 6 nitrogen and oxygen atoms in total. The minimum Gasteiger partial charge on any atom is -0.339 e. The zero-order chi connectivity index (χ0) is 18.7. The van der Waals surface area contributed by atoms with Crippen LogP contribution in [0.25, 0.3) is 10.9 Å². The number of rotatable bonds is 5. The maximum Gasteiger partial charge on any atom is 0.276 e. The van der Waals surface area contributed by atoms with Gasteiger partial charge in [0.2, 0.25) is 0 Å². The minimum absolute atomic E-state index is 0.0491. The van der Waals surface area contributed by atoms with Crippen LogP contribution >= 0.6 is 0 Å². The molecule has 0 fully saturated rings. The number of hydrogen-bond acceptors (Lipinski definition) is 3. The van der Waals surface area contributed by atoms with Gasteiger partial charge in [-0.1, -0.05) is 17.7 Å². The van der Waals surface area contributed by atoms with Crippen LogP contribution in [0.5, 0.6) is 0 Å². The van der Waals surface area contributed by atoms with Gasteiger partial charge in [-0.2, -0.15) is 5.10 Å². The van der Waals surface area contributed by atoms with E-state index >= 15 is 0 Å². The second-order valence-corrected chi connectivity index (χ2v) is 6.13. The number of carbonyl (C=O) groups is 2. The minimum atomic E-state index is -0.311. The second kappa shape index (κ2) is 7.39. The Kier molecular flexibility index (Phi) is 5.02. The molecule has 0 spiro atoms. The lowest BCUT2D eigenvalue weighted by molar-refractivity contribution is 0.0772. The highest BCUT2D eigenvalue weighted by Gasteiger charge is 2.16. The fourth-order valence-electron chi connectivity index (χ4n) is 2.91. The van der Waals surface area contributed by atoms with Gasteiger partial charge < -0.3 is 10.2 Å². The van der Waals surface area contributed by atoms with Gasteiger partial charge in [-0.25, -0.2) is 0 Å². The van der Waals surface area contributed by atoms with Crippen molar-refractivity contribution in [3.8, 4) is 0 Å². The summed E-state index contributed by atoms with van der Waals surface area (Å²) in [6.07, 6.45) is 0. The molecular formula is C20H22N4O2. The predicted molar refractivity (Wildman–Crippen MR) is 102 cm³/mol.